The van der Waals surface area contributed by atoms with Crippen molar-refractivity contribution in [1.82, 2.24) is 15.1 Å². The van der Waals surface area contributed by atoms with Gasteiger partial charge >= 0.3 is 0 Å². The van der Waals surface area contributed by atoms with Crippen LogP contribution < -0.4 is 20.1 Å². The third-order valence-corrected chi connectivity index (χ3v) is 12.1. The first-order valence-electron chi connectivity index (χ1n) is 21.0. The molecule has 3 heterocycles. The average molecular weight is 974 g/mol. The number of nitriles is 2. The molecule has 0 spiro atoms. The monoisotopic (exact) mass is 973 g/mol. The number of pyridine rings is 2. The molecule has 5 aromatic carbocycles. The molecule has 8 rings (SSSR count). The number of hydrogen-bond donors (Lipinski definition) is 2. The Balaban J connectivity index is 0.000000229. The van der Waals surface area contributed by atoms with Gasteiger partial charge in [-0.2, -0.15) is 10.5 Å². The van der Waals surface area contributed by atoms with E-state index < -0.39 is 11.8 Å². The van der Waals surface area contributed by atoms with Gasteiger partial charge in [0, 0.05) is 46.5 Å². The van der Waals surface area contributed by atoms with Crippen LogP contribution in [0.15, 0.2) is 172 Å². The molecule has 8 aromatic rings. The summed E-state index contributed by atoms with van der Waals surface area (Å²) in [6, 6.07) is 49.5. The number of anilines is 2. The van der Waals surface area contributed by atoms with Crippen LogP contribution in [0.2, 0.25) is 0 Å². The van der Waals surface area contributed by atoms with Crippen LogP contribution >= 0.6 is 23.5 Å². The number of benzene rings is 5. The molecule has 0 saturated carbocycles. The molecule has 0 radical (unpaired) electrons. The quantitative estimate of drug-likeness (QED) is 0.0931. The SMILES string of the molecule is C.COc1ccc(-c2cc(-c3ccccc3)nc(SCC(=O)Nc3cccc(C(C)(F)F)c3)c2C#N)cc1.COc1ccc(-c2cc(-c3ccccc3)nc(SCC(=O)Nc3ccon3)c2C#N)cc1. The normalized spacial score (nSPS) is 10.6. The zero-order valence-corrected chi connectivity index (χ0v) is 38.9. The number of methoxy groups -OCH3 is 2. The smallest absolute Gasteiger partial charge is 0.270 e. The molecule has 0 aliphatic heterocycles. The number of ether oxygens (including phenoxy) is 2. The molecular weight excluding hydrogens is 929 g/mol. The first kappa shape index (κ1) is 51.1. The lowest BCUT2D eigenvalue weighted by Gasteiger charge is -2.14. The first-order chi connectivity index (χ1) is 33.5. The summed E-state index contributed by atoms with van der Waals surface area (Å²) >= 11 is 2.31. The second-order valence-electron chi connectivity index (χ2n) is 14.9. The molecule has 2 amide bonds. The maximum Gasteiger partial charge on any atom is 0.270 e. The summed E-state index contributed by atoms with van der Waals surface area (Å²) in [5.74, 6) is -1.94. The third-order valence-electron chi connectivity index (χ3n) is 10.2. The van der Waals surface area contributed by atoms with Gasteiger partial charge in [-0.15, -0.1) is 0 Å². The molecule has 0 aliphatic rings. The Hall–Kier alpha value is -8.31. The molecule has 0 aliphatic carbocycles. The maximum atomic E-state index is 13.7. The van der Waals surface area contributed by atoms with Gasteiger partial charge in [-0.1, -0.05) is 133 Å². The highest BCUT2D eigenvalue weighted by atomic mass is 32.2. The van der Waals surface area contributed by atoms with Crippen LogP contribution in [0.25, 0.3) is 44.8 Å². The lowest BCUT2D eigenvalue weighted by atomic mass is 9.99. The summed E-state index contributed by atoms with van der Waals surface area (Å²) in [7, 11) is 3.19. The van der Waals surface area contributed by atoms with Gasteiger partial charge in [0.15, 0.2) is 5.82 Å². The number of alkyl halides is 2. The summed E-state index contributed by atoms with van der Waals surface area (Å²) in [5.41, 5.74) is 7.08. The number of carbonyl (C=O) groups is 2. The number of nitrogens with zero attached hydrogens (tertiary/aromatic N) is 5. The van der Waals surface area contributed by atoms with Gasteiger partial charge in [-0.3, -0.25) is 9.59 Å². The fourth-order valence-electron chi connectivity index (χ4n) is 6.77. The van der Waals surface area contributed by atoms with Crippen molar-refractivity contribution >= 4 is 46.8 Å². The summed E-state index contributed by atoms with van der Waals surface area (Å²) < 4.78 is 42.5. The highest BCUT2D eigenvalue weighted by Crippen LogP contribution is 2.37. The Morgan fingerprint density at radius 2 is 1.10 bits per heavy atom. The van der Waals surface area contributed by atoms with Crippen LogP contribution in [0.5, 0.6) is 11.5 Å². The van der Waals surface area contributed by atoms with Crippen LogP contribution in [-0.2, 0) is 15.5 Å². The van der Waals surface area contributed by atoms with Crippen molar-refractivity contribution in [2.75, 3.05) is 36.4 Å². The molecule has 0 saturated heterocycles. The van der Waals surface area contributed by atoms with Gasteiger partial charge in [-0.25, -0.2) is 18.7 Å². The Morgan fingerprint density at radius 1 is 0.629 bits per heavy atom. The number of amides is 2. The molecule has 70 heavy (non-hydrogen) atoms. The van der Waals surface area contributed by atoms with Gasteiger partial charge in [0.25, 0.3) is 5.92 Å². The van der Waals surface area contributed by atoms with Crippen molar-refractivity contribution < 1.29 is 32.4 Å². The van der Waals surface area contributed by atoms with Crippen LogP contribution in [-0.4, -0.2) is 52.7 Å². The van der Waals surface area contributed by atoms with Gasteiger partial charge in [0.1, 0.15) is 40.0 Å². The molecule has 0 fully saturated rings. The Bertz CT molecular complexity index is 3120. The van der Waals surface area contributed by atoms with E-state index in [1.165, 1.54) is 36.2 Å². The number of aromatic nitrogens is 3. The van der Waals surface area contributed by atoms with E-state index in [4.69, 9.17) is 24.0 Å². The second kappa shape index (κ2) is 24.1. The predicted octanol–water partition coefficient (Wildman–Crippen LogP) is 12.8. The molecule has 3 aromatic heterocycles. The molecule has 352 valence electrons. The largest absolute Gasteiger partial charge is 0.497 e. The summed E-state index contributed by atoms with van der Waals surface area (Å²) in [5, 5.41) is 29.8. The Kier molecular flexibility index (Phi) is 17.6. The standard InChI is InChI=1S/C29H23F2N3O2S.C24H18N4O3S.CH4/c1-29(30,31)21-9-6-10-22(15-21)33-27(35)18-37-28-25(17-32)24(19-11-13-23(36-2)14-12-19)16-26(34-28)20-7-4-3-5-8-20;1-30-18-9-7-16(8-10-18)19-13-21(17-5-3-2-4-6-17)26-24(20(19)14-25)32-15-23(29)27-22-11-12-31-28-22;/h3-16H,18H2,1-2H3,(H,33,35);2-13H,15H2,1H3,(H,27,28,29);1H4. The predicted molar refractivity (Wildman–Crippen MR) is 271 cm³/mol. The maximum absolute atomic E-state index is 13.7. The van der Waals surface area contributed by atoms with E-state index in [-0.39, 0.29) is 36.1 Å². The van der Waals surface area contributed by atoms with Crippen molar-refractivity contribution in [2.45, 2.75) is 30.3 Å². The first-order valence-corrected chi connectivity index (χ1v) is 23.0. The number of thioether (sulfide) groups is 2. The lowest BCUT2D eigenvalue weighted by molar-refractivity contribution is -0.114. The van der Waals surface area contributed by atoms with E-state index >= 15 is 0 Å². The van der Waals surface area contributed by atoms with E-state index in [2.05, 4.69) is 27.9 Å². The van der Waals surface area contributed by atoms with Gasteiger partial charge in [0.05, 0.1) is 48.2 Å². The summed E-state index contributed by atoms with van der Waals surface area (Å²) in [4.78, 5) is 34.4. The number of halogens is 2. The summed E-state index contributed by atoms with van der Waals surface area (Å²) in [6.45, 7) is 0.805. The zero-order valence-electron chi connectivity index (χ0n) is 37.3. The minimum atomic E-state index is -3.02. The zero-order chi connectivity index (χ0) is 48.8. The van der Waals surface area contributed by atoms with Crippen LogP contribution in [0.1, 0.15) is 31.0 Å². The van der Waals surface area contributed by atoms with Gasteiger partial charge in [0.2, 0.25) is 11.8 Å². The molecule has 12 nitrogen and oxygen atoms in total. The minimum absolute atomic E-state index is 0. The topological polar surface area (TPSA) is 176 Å². The van der Waals surface area contributed by atoms with Crippen molar-refractivity contribution in [3.05, 3.63) is 175 Å². The van der Waals surface area contributed by atoms with Crippen LogP contribution in [0, 0.1) is 22.7 Å². The fraction of sp³-hybridized carbons (Fsp3) is 0.130. The van der Waals surface area contributed by atoms with Crippen LogP contribution in [0.4, 0.5) is 20.3 Å². The number of carbonyl (C=O) groups excluding carboxylic acids is 2. The Labute approximate surface area is 412 Å². The molecule has 2 N–H and O–H groups in total. The van der Waals surface area contributed by atoms with Crippen molar-refractivity contribution in [3.63, 3.8) is 0 Å². The van der Waals surface area contributed by atoms with E-state index in [1.807, 2.05) is 121 Å². The number of hydrogen-bond acceptors (Lipinski definition) is 12. The van der Waals surface area contributed by atoms with E-state index in [0.29, 0.717) is 44.0 Å². The van der Waals surface area contributed by atoms with Gasteiger partial charge in [-0.05, 0) is 59.7 Å². The highest BCUT2D eigenvalue weighted by Gasteiger charge is 2.25. The molecule has 0 bridgehead atoms. The number of rotatable bonds is 15. The third kappa shape index (κ3) is 13.2. The molecule has 0 unspecified atom stereocenters. The van der Waals surface area contributed by atoms with Crippen LogP contribution in [0.3, 0.4) is 0 Å². The average Bonchev–Trinajstić information content (AvgIpc) is 3.90. The Morgan fingerprint density at radius 3 is 1.51 bits per heavy atom. The molecule has 16 heteroatoms. The van der Waals surface area contributed by atoms with Crippen molar-refractivity contribution in [2.24, 2.45) is 0 Å². The highest BCUT2D eigenvalue weighted by molar-refractivity contribution is 8.00. The number of nitrogens with one attached hydrogen (secondary N) is 2. The fourth-order valence-corrected chi connectivity index (χ4v) is 8.37. The van der Waals surface area contributed by atoms with Crippen molar-refractivity contribution in [3.8, 4) is 68.4 Å². The second-order valence-corrected chi connectivity index (χ2v) is 16.8. The minimum Gasteiger partial charge on any atom is -0.497 e. The lowest BCUT2D eigenvalue weighted by Crippen LogP contribution is -2.15. The van der Waals surface area contributed by atoms with E-state index in [9.17, 15) is 28.9 Å². The van der Waals surface area contributed by atoms with E-state index in [0.717, 1.165) is 57.9 Å². The van der Waals surface area contributed by atoms with Crippen molar-refractivity contribution in [1.29, 1.82) is 10.5 Å². The van der Waals surface area contributed by atoms with Gasteiger partial charge < -0.3 is 24.6 Å². The summed E-state index contributed by atoms with van der Waals surface area (Å²) in [6.07, 6.45) is 1.38. The molecular formula is C54H45F2N7O5S2. The molecule has 0 atom stereocenters. The van der Waals surface area contributed by atoms with E-state index in [1.54, 1.807) is 26.4 Å².